The second-order valence-electron chi connectivity index (χ2n) is 4.84. The Balaban J connectivity index is 1.78. The molecule has 3 rings (SSSR count). The summed E-state index contributed by atoms with van der Waals surface area (Å²) < 4.78 is 5.34. The van der Waals surface area contributed by atoms with Crippen LogP contribution in [0.2, 0.25) is 0 Å². The van der Waals surface area contributed by atoms with Gasteiger partial charge in [-0.2, -0.15) is 5.26 Å². The molecule has 2 aliphatic rings. The van der Waals surface area contributed by atoms with Crippen molar-refractivity contribution in [2.24, 2.45) is 0 Å². The predicted molar refractivity (Wildman–Crippen MR) is 66.0 cm³/mol. The summed E-state index contributed by atoms with van der Waals surface area (Å²) in [6.45, 7) is 3.54. The molecule has 0 N–H and O–H groups in total. The van der Waals surface area contributed by atoms with Gasteiger partial charge in [0.1, 0.15) is 0 Å². The molecule has 1 aliphatic heterocycles. The smallest absolute Gasteiger partial charge is 0.0823 e. The molecule has 17 heavy (non-hydrogen) atoms. The lowest BCUT2D eigenvalue weighted by Crippen LogP contribution is -2.36. The molecule has 88 valence electrons. The van der Waals surface area contributed by atoms with Gasteiger partial charge in [-0.1, -0.05) is 12.1 Å². The molecular weight excluding hydrogens is 212 g/mol. The molecule has 2 fully saturated rings. The van der Waals surface area contributed by atoms with Crippen molar-refractivity contribution in [2.75, 3.05) is 31.2 Å². The van der Waals surface area contributed by atoms with E-state index in [2.05, 4.69) is 35.2 Å². The first-order chi connectivity index (χ1) is 8.34. The van der Waals surface area contributed by atoms with Crippen molar-refractivity contribution in [1.82, 2.24) is 0 Å². The molecule has 0 spiro atoms. The van der Waals surface area contributed by atoms with Gasteiger partial charge in [0.2, 0.25) is 0 Å². The van der Waals surface area contributed by atoms with E-state index in [0.29, 0.717) is 0 Å². The summed E-state index contributed by atoms with van der Waals surface area (Å²) >= 11 is 0. The second-order valence-corrected chi connectivity index (χ2v) is 4.84. The van der Waals surface area contributed by atoms with Gasteiger partial charge in [-0.15, -0.1) is 0 Å². The van der Waals surface area contributed by atoms with Crippen molar-refractivity contribution in [2.45, 2.75) is 18.3 Å². The van der Waals surface area contributed by atoms with Gasteiger partial charge in [0, 0.05) is 18.8 Å². The lowest BCUT2D eigenvalue weighted by atomic mass is 9.97. The minimum absolute atomic E-state index is 0.163. The minimum atomic E-state index is -0.163. The maximum atomic E-state index is 9.15. The first-order valence-electron chi connectivity index (χ1n) is 6.19. The zero-order valence-corrected chi connectivity index (χ0v) is 9.85. The monoisotopic (exact) mass is 228 g/mol. The van der Waals surface area contributed by atoms with E-state index in [1.54, 1.807) is 0 Å². The molecule has 0 aromatic heterocycles. The third-order valence-corrected chi connectivity index (χ3v) is 3.76. The fourth-order valence-electron chi connectivity index (χ4n) is 2.40. The van der Waals surface area contributed by atoms with E-state index >= 15 is 0 Å². The first kappa shape index (κ1) is 10.6. The summed E-state index contributed by atoms with van der Waals surface area (Å²) in [5.74, 6) is 0. The topological polar surface area (TPSA) is 36.3 Å². The van der Waals surface area contributed by atoms with E-state index < -0.39 is 0 Å². The molecule has 1 heterocycles. The highest BCUT2D eigenvalue weighted by Crippen LogP contribution is 2.47. The minimum Gasteiger partial charge on any atom is -0.378 e. The Bertz CT molecular complexity index is 436. The Morgan fingerprint density at radius 2 is 1.76 bits per heavy atom. The number of ether oxygens (including phenoxy) is 1. The average molecular weight is 228 g/mol. The molecule has 1 saturated heterocycles. The first-order valence-corrected chi connectivity index (χ1v) is 6.19. The number of rotatable bonds is 2. The van der Waals surface area contributed by atoms with Crippen LogP contribution in [0.4, 0.5) is 5.69 Å². The van der Waals surface area contributed by atoms with Crippen LogP contribution < -0.4 is 4.90 Å². The van der Waals surface area contributed by atoms with Crippen molar-refractivity contribution >= 4 is 5.69 Å². The largest absolute Gasteiger partial charge is 0.378 e. The molecule has 1 saturated carbocycles. The van der Waals surface area contributed by atoms with Gasteiger partial charge in [-0.25, -0.2) is 0 Å². The van der Waals surface area contributed by atoms with Gasteiger partial charge in [0.05, 0.1) is 24.7 Å². The van der Waals surface area contributed by atoms with E-state index in [4.69, 9.17) is 10.00 Å². The van der Waals surface area contributed by atoms with E-state index in [-0.39, 0.29) is 5.41 Å². The fourth-order valence-corrected chi connectivity index (χ4v) is 2.40. The van der Waals surface area contributed by atoms with Crippen LogP contribution in [0.15, 0.2) is 24.3 Å². The number of anilines is 1. The van der Waals surface area contributed by atoms with Crippen LogP contribution >= 0.6 is 0 Å². The molecule has 0 atom stereocenters. The molecule has 1 aromatic carbocycles. The summed E-state index contributed by atoms with van der Waals surface area (Å²) in [6, 6.07) is 10.9. The molecule has 3 heteroatoms. The molecule has 0 amide bonds. The number of hydrogen-bond acceptors (Lipinski definition) is 3. The van der Waals surface area contributed by atoms with Gasteiger partial charge in [0.25, 0.3) is 0 Å². The predicted octanol–water partition coefficient (Wildman–Crippen LogP) is 2.08. The molecule has 1 aliphatic carbocycles. The highest BCUT2D eigenvalue weighted by Gasteiger charge is 2.44. The second kappa shape index (κ2) is 4.05. The number of nitrogens with zero attached hydrogens (tertiary/aromatic N) is 2. The molecule has 3 nitrogen and oxygen atoms in total. The molecule has 0 unspecified atom stereocenters. The van der Waals surface area contributed by atoms with Gasteiger partial charge in [-0.05, 0) is 30.5 Å². The highest BCUT2D eigenvalue weighted by molar-refractivity contribution is 5.51. The molecule has 0 bridgehead atoms. The maximum absolute atomic E-state index is 9.15. The van der Waals surface area contributed by atoms with Gasteiger partial charge in [0.15, 0.2) is 0 Å². The van der Waals surface area contributed by atoms with Crippen LogP contribution in [-0.4, -0.2) is 26.3 Å². The Labute approximate surface area is 102 Å². The standard InChI is InChI=1S/C14H16N2O/c15-11-14(5-6-14)12-1-3-13(4-2-12)16-7-9-17-10-8-16/h1-4H,5-10H2. The Kier molecular flexibility index (Phi) is 2.53. The summed E-state index contributed by atoms with van der Waals surface area (Å²) in [4.78, 5) is 2.33. The van der Waals surface area contributed by atoms with E-state index in [9.17, 15) is 0 Å². The number of hydrogen-bond donors (Lipinski definition) is 0. The van der Waals surface area contributed by atoms with Crippen molar-refractivity contribution in [3.8, 4) is 6.07 Å². The highest BCUT2D eigenvalue weighted by atomic mass is 16.5. The molecular formula is C14H16N2O. The summed E-state index contributed by atoms with van der Waals surface area (Å²) in [7, 11) is 0. The molecule has 1 aromatic rings. The van der Waals surface area contributed by atoms with Crippen molar-refractivity contribution < 1.29 is 4.74 Å². The average Bonchev–Trinajstić information content (AvgIpc) is 3.21. The normalized spacial score (nSPS) is 21.9. The van der Waals surface area contributed by atoms with Crippen LogP contribution in [0, 0.1) is 11.3 Å². The lowest BCUT2D eigenvalue weighted by Gasteiger charge is -2.29. The Morgan fingerprint density at radius 3 is 2.29 bits per heavy atom. The van der Waals surface area contributed by atoms with E-state index in [1.807, 2.05) is 0 Å². The number of nitriles is 1. The van der Waals surface area contributed by atoms with Crippen LogP contribution in [0.1, 0.15) is 18.4 Å². The van der Waals surface area contributed by atoms with Gasteiger partial charge < -0.3 is 9.64 Å². The maximum Gasteiger partial charge on any atom is 0.0823 e. The number of benzene rings is 1. The SMILES string of the molecule is N#CC1(c2ccc(N3CCOCC3)cc2)CC1. The third-order valence-electron chi connectivity index (χ3n) is 3.76. The van der Waals surface area contributed by atoms with Gasteiger partial charge >= 0.3 is 0 Å². The van der Waals surface area contributed by atoms with E-state index in [0.717, 1.165) is 39.1 Å². The number of morpholine rings is 1. The van der Waals surface area contributed by atoms with Crippen LogP contribution in [-0.2, 0) is 10.2 Å². The van der Waals surface area contributed by atoms with Crippen LogP contribution in [0.25, 0.3) is 0 Å². The third kappa shape index (κ3) is 1.89. The summed E-state index contributed by atoms with van der Waals surface area (Å²) in [5, 5.41) is 9.15. The van der Waals surface area contributed by atoms with Crippen molar-refractivity contribution in [3.05, 3.63) is 29.8 Å². The van der Waals surface area contributed by atoms with E-state index in [1.165, 1.54) is 11.3 Å². The zero-order chi connectivity index (χ0) is 11.7. The molecule has 0 radical (unpaired) electrons. The van der Waals surface area contributed by atoms with Crippen LogP contribution in [0.5, 0.6) is 0 Å². The Morgan fingerprint density at radius 1 is 1.12 bits per heavy atom. The van der Waals surface area contributed by atoms with Crippen LogP contribution in [0.3, 0.4) is 0 Å². The summed E-state index contributed by atoms with van der Waals surface area (Å²) in [6.07, 6.45) is 2.03. The van der Waals surface area contributed by atoms with Crippen molar-refractivity contribution in [1.29, 1.82) is 5.26 Å². The Hall–Kier alpha value is -1.53. The zero-order valence-electron chi connectivity index (χ0n) is 9.85. The fraction of sp³-hybridized carbons (Fsp3) is 0.500. The van der Waals surface area contributed by atoms with Gasteiger partial charge in [-0.3, -0.25) is 0 Å². The van der Waals surface area contributed by atoms with Crippen molar-refractivity contribution in [3.63, 3.8) is 0 Å². The lowest BCUT2D eigenvalue weighted by molar-refractivity contribution is 0.122. The quantitative estimate of drug-likeness (QED) is 0.777. The summed E-state index contributed by atoms with van der Waals surface area (Å²) in [5.41, 5.74) is 2.26.